The van der Waals surface area contributed by atoms with Gasteiger partial charge in [0.2, 0.25) is 0 Å². The number of aromatic nitrogens is 2. The molecule has 9 nitrogen and oxygen atoms in total. The molecule has 0 aliphatic rings. The molecule has 234 valence electrons. The largest absolute Gasteiger partial charge is 0.504 e. The maximum absolute atomic E-state index is 13.9. The number of rotatable bonds is 9. The molecule has 0 spiro atoms. The number of fused-ring (bicyclic) bond motifs is 6. The molecule has 12 heteroatoms. The first-order valence-electron chi connectivity index (χ1n) is 14.2. The normalized spacial score (nSPS) is 12.0. The van der Waals surface area contributed by atoms with Crippen LogP contribution in [0.2, 0.25) is 25.7 Å². The van der Waals surface area contributed by atoms with E-state index in [1.54, 1.807) is 25.3 Å². The summed E-state index contributed by atoms with van der Waals surface area (Å²) in [6.07, 6.45) is 4.17. The van der Waals surface area contributed by atoms with Crippen LogP contribution in [-0.4, -0.2) is 37.6 Å². The minimum absolute atomic E-state index is 0.172. The maximum Gasteiger partial charge on any atom is 0.345 e. The van der Waals surface area contributed by atoms with Crippen molar-refractivity contribution in [2.24, 2.45) is 0 Å². The first kappa shape index (κ1) is 31.6. The van der Waals surface area contributed by atoms with Crippen LogP contribution in [0.15, 0.2) is 73.2 Å². The average Bonchev–Trinajstić information content (AvgIpc) is 3.58. The molecule has 45 heavy (non-hydrogen) atoms. The third-order valence-electron chi connectivity index (χ3n) is 7.15. The van der Waals surface area contributed by atoms with Crippen molar-refractivity contribution in [3.05, 3.63) is 98.7 Å². The Morgan fingerprint density at radius 3 is 2.18 bits per heavy atom. The number of carbonyl (C=O) groups excluding carboxylic acids is 1. The maximum atomic E-state index is 13.9. The number of aromatic amines is 1. The second-order valence-corrected chi connectivity index (χ2v) is 17.3. The van der Waals surface area contributed by atoms with Crippen molar-refractivity contribution in [3.8, 4) is 0 Å². The van der Waals surface area contributed by atoms with Gasteiger partial charge in [0.15, 0.2) is 0 Å². The van der Waals surface area contributed by atoms with Crippen molar-refractivity contribution in [3.63, 3.8) is 0 Å². The Balaban J connectivity index is 0.000000192. The van der Waals surface area contributed by atoms with Gasteiger partial charge in [0.25, 0.3) is 0 Å². The van der Waals surface area contributed by atoms with Crippen LogP contribution in [0.25, 0.3) is 49.8 Å². The number of H-pyrrole nitrogens is 1. The molecule has 0 aliphatic heterocycles. The highest BCUT2D eigenvalue weighted by atomic mass is 28.3. The summed E-state index contributed by atoms with van der Waals surface area (Å²) in [5, 5.41) is 1.74. The zero-order chi connectivity index (χ0) is 32.3. The number of benzene rings is 2. The molecule has 0 saturated heterocycles. The van der Waals surface area contributed by atoms with Gasteiger partial charge in [-0.15, -0.1) is 0 Å². The summed E-state index contributed by atoms with van der Waals surface area (Å²) in [5.41, 5.74) is 2.12. The Kier molecular flexibility index (Phi) is 9.16. The molecule has 0 fully saturated rings. The quantitative estimate of drug-likeness (QED) is 0.0600. The smallest absolute Gasteiger partial charge is 0.345 e. The van der Waals surface area contributed by atoms with Gasteiger partial charge in [-0.2, -0.15) is 0 Å². The fourth-order valence-corrected chi connectivity index (χ4v) is 5.68. The number of halogens is 2. The molecule has 4 heterocycles. The van der Waals surface area contributed by atoms with Crippen molar-refractivity contribution in [1.82, 2.24) is 9.55 Å². The van der Waals surface area contributed by atoms with Crippen LogP contribution in [0, 0.1) is 11.6 Å². The van der Waals surface area contributed by atoms with Gasteiger partial charge in [-0.1, -0.05) is 19.6 Å². The van der Waals surface area contributed by atoms with Crippen LogP contribution in [0.3, 0.4) is 0 Å². The molecule has 0 atom stereocenters. The molecule has 2 aromatic carbocycles. The van der Waals surface area contributed by atoms with Gasteiger partial charge in [0, 0.05) is 43.3 Å². The summed E-state index contributed by atoms with van der Waals surface area (Å²) < 4.78 is 50.3. The molecule has 1 N–H and O–H groups in total. The third-order valence-corrected chi connectivity index (χ3v) is 8.85. The highest BCUT2D eigenvalue weighted by Gasteiger charge is 2.17. The lowest BCUT2D eigenvalue weighted by Crippen LogP contribution is -2.22. The first-order chi connectivity index (χ1) is 21.5. The van der Waals surface area contributed by atoms with E-state index in [1.165, 1.54) is 42.7 Å². The van der Waals surface area contributed by atoms with Gasteiger partial charge in [-0.3, -0.25) is 0 Å². The summed E-state index contributed by atoms with van der Waals surface area (Å²) in [6.45, 7) is 7.75. The van der Waals surface area contributed by atoms with E-state index in [2.05, 4.69) is 24.6 Å². The van der Waals surface area contributed by atoms with Crippen LogP contribution < -0.4 is 11.3 Å². The van der Waals surface area contributed by atoms with Crippen LogP contribution in [-0.2, 0) is 27.4 Å². The van der Waals surface area contributed by atoms with E-state index >= 15 is 0 Å². The van der Waals surface area contributed by atoms with Crippen LogP contribution in [0.5, 0.6) is 0 Å². The summed E-state index contributed by atoms with van der Waals surface area (Å²) in [5.74, 6) is -0.803. The molecule has 4 aromatic heterocycles. The zero-order valence-electron chi connectivity index (χ0n) is 25.2. The lowest BCUT2D eigenvalue weighted by Gasteiger charge is -2.16. The second-order valence-electron chi connectivity index (χ2n) is 11.7. The number of aldehydes is 1. The summed E-state index contributed by atoms with van der Waals surface area (Å²) in [7, 11) is 0.338. The molecule has 6 aromatic rings. The van der Waals surface area contributed by atoms with Gasteiger partial charge in [-0.25, -0.2) is 18.4 Å². The summed E-state index contributed by atoms with van der Waals surface area (Å²) in [4.78, 5) is 37.6. The number of methoxy groups -OCH3 is 1. The van der Waals surface area contributed by atoms with E-state index in [1.807, 2.05) is 4.57 Å². The number of hydrogen-bond acceptors (Lipinski definition) is 7. The molecule has 0 unspecified atom stereocenters. The van der Waals surface area contributed by atoms with E-state index in [9.17, 15) is 23.2 Å². The number of ether oxygens (including phenoxy) is 2. The predicted molar refractivity (Wildman–Crippen MR) is 172 cm³/mol. The monoisotopic (exact) mass is 634 g/mol. The lowest BCUT2D eigenvalue weighted by molar-refractivity contribution is -0.107. The Labute approximate surface area is 256 Å². The standard InChI is InChI=1S/C20H24FNO4Si.C13H8FNO3/c1-24-8-7-15-12-17-19(22(15)13-25-9-10-27(2,3)4)16-11-14(21)5-6-18(16)26-20(17)23;14-7-1-2-11-9(5-7)12-10(13(17)18-11)6-8(15-12)3-4-16/h5-8,11-12H,9-10,13H2,1-4H3;1-2,4-6,15H,3H2/b8-7+;. The fourth-order valence-electron chi connectivity index (χ4n) is 4.92. The lowest BCUT2D eigenvalue weighted by atomic mass is 10.2. The van der Waals surface area contributed by atoms with Crippen molar-refractivity contribution in [2.45, 2.75) is 38.8 Å². The molecular formula is C33H32F2N2O7Si. The van der Waals surface area contributed by atoms with Crippen LogP contribution in [0.1, 0.15) is 11.4 Å². The Hall–Kier alpha value is -4.81. The zero-order valence-corrected chi connectivity index (χ0v) is 26.2. The average molecular weight is 635 g/mol. The number of carbonyl (C=O) groups is 1. The van der Waals surface area contributed by atoms with E-state index in [0.29, 0.717) is 56.0 Å². The topological polar surface area (TPSA) is 117 Å². The molecule has 0 amide bonds. The van der Waals surface area contributed by atoms with E-state index in [4.69, 9.17) is 18.3 Å². The fraction of sp³-hybridized carbons (Fsp3) is 0.242. The Bertz CT molecular complexity index is 2170. The van der Waals surface area contributed by atoms with Gasteiger partial charge in [0.1, 0.15) is 35.8 Å². The minimum atomic E-state index is -1.21. The SMILES string of the molecule is CO/C=C/c1cc2c(=O)oc3ccc(F)cc3c2n1COCC[Si](C)(C)C.O=CCc1cc2c(=O)oc3ccc(F)cc3c2[nH]1. The number of hydrogen-bond donors (Lipinski definition) is 1. The second kappa shape index (κ2) is 13.0. The molecule has 0 radical (unpaired) electrons. The van der Waals surface area contributed by atoms with E-state index in [-0.39, 0.29) is 19.0 Å². The minimum Gasteiger partial charge on any atom is -0.504 e. The summed E-state index contributed by atoms with van der Waals surface area (Å²) >= 11 is 0. The summed E-state index contributed by atoms with van der Waals surface area (Å²) in [6, 6.07) is 12.4. The highest BCUT2D eigenvalue weighted by Crippen LogP contribution is 2.28. The van der Waals surface area contributed by atoms with Gasteiger partial charge in [-0.05, 0) is 60.7 Å². The molecule has 6 rings (SSSR count). The van der Waals surface area contributed by atoms with E-state index < -0.39 is 25.1 Å². The van der Waals surface area contributed by atoms with Gasteiger partial charge >= 0.3 is 11.3 Å². The van der Waals surface area contributed by atoms with Crippen LogP contribution >= 0.6 is 0 Å². The number of nitrogens with zero attached hydrogens (tertiary/aromatic N) is 1. The Morgan fingerprint density at radius 2 is 1.53 bits per heavy atom. The molecule has 0 saturated carbocycles. The molecular weight excluding hydrogens is 602 g/mol. The van der Waals surface area contributed by atoms with E-state index in [0.717, 1.165) is 18.0 Å². The van der Waals surface area contributed by atoms with Gasteiger partial charge < -0.3 is 32.7 Å². The van der Waals surface area contributed by atoms with Crippen molar-refractivity contribution >= 4 is 64.2 Å². The van der Waals surface area contributed by atoms with Gasteiger partial charge in [0.05, 0.1) is 35.2 Å². The van der Waals surface area contributed by atoms with Crippen molar-refractivity contribution in [2.75, 3.05) is 13.7 Å². The van der Waals surface area contributed by atoms with Crippen molar-refractivity contribution < 1.29 is 31.9 Å². The van der Waals surface area contributed by atoms with Crippen LogP contribution in [0.4, 0.5) is 8.78 Å². The first-order valence-corrected chi connectivity index (χ1v) is 17.9. The molecule has 0 bridgehead atoms. The highest BCUT2D eigenvalue weighted by molar-refractivity contribution is 6.76. The third kappa shape index (κ3) is 6.97. The predicted octanol–water partition coefficient (Wildman–Crippen LogP) is 6.97. The Morgan fingerprint density at radius 1 is 0.889 bits per heavy atom. The van der Waals surface area contributed by atoms with Crippen molar-refractivity contribution in [1.29, 1.82) is 0 Å². The number of nitrogens with one attached hydrogen (secondary N) is 1. The molecule has 0 aliphatic carbocycles.